The average molecular weight is 377 g/mol. The molecule has 0 spiro atoms. The molecule has 0 aliphatic carbocycles. The first-order valence-corrected chi connectivity index (χ1v) is 9.60. The van der Waals surface area contributed by atoms with Gasteiger partial charge in [-0.3, -0.25) is 4.79 Å². The van der Waals surface area contributed by atoms with Crippen molar-refractivity contribution in [3.63, 3.8) is 0 Å². The van der Waals surface area contributed by atoms with Gasteiger partial charge in [0.15, 0.2) is 0 Å². The van der Waals surface area contributed by atoms with E-state index in [1.54, 1.807) is 18.0 Å². The summed E-state index contributed by atoms with van der Waals surface area (Å²) in [5, 5.41) is 4.64. The van der Waals surface area contributed by atoms with Gasteiger partial charge in [0.2, 0.25) is 5.91 Å². The number of amides is 1. The van der Waals surface area contributed by atoms with Gasteiger partial charge in [-0.05, 0) is 54.1 Å². The third kappa shape index (κ3) is 6.44. The number of carbonyl (C=O) groups excluding carboxylic acids is 1. The highest BCUT2D eigenvalue weighted by Gasteiger charge is 2.08. The van der Waals surface area contributed by atoms with Gasteiger partial charge < -0.3 is 4.74 Å². The number of hydrogen-bond acceptors (Lipinski definition) is 4. The maximum Gasteiger partial charge on any atom is 0.244 e. The summed E-state index contributed by atoms with van der Waals surface area (Å²) < 4.78 is 5.58. The predicted octanol–water partition coefficient (Wildman–Crippen LogP) is 4.54. The molecule has 0 fully saturated rings. The van der Waals surface area contributed by atoms with E-state index in [9.17, 15) is 4.79 Å². The number of hydrazone groups is 1. The summed E-state index contributed by atoms with van der Waals surface area (Å²) in [7, 11) is 0. The molecule has 1 N–H and O–H groups in total. The molecule has 25 heavy (non-hydrogen) atoms. The summed E-state index contributed by atoms with van der Waals surface area (Å²) in [6.07, 6.45) is 4.75. The Morgan fingerprint density at radius 2 is 2.16 bits per heavy atom. The Labute approximate surface area is 157 Å². The van der Waals surface area contributed by atoms with Gasteiger partial charge in [-0.15, -0.1) is 11.8 Å². The van der Waals surface area contributed by atoms with Gasteiger partial charge in [-0.25, -0.2) is 5.43 Å². The zero-order chi connectivity index (χ0) is 18.1. The third-order valence-corrected chi connectivity index (χ3v) is 4.40. The molecule has 0 saturated carbocycles. The number of halogens is 1. The van der Waals surface area contributed by atoms with E-state index in [1.807, 2.05) is 48.7 Å². The second-order valence-electron chi connectivity index (χ2n) is 5.35. The molecule has 2 rings (SSSR count). The van der Waals surface area contributed by atoms with E-state index in [-0.39, 0.29) is 12.3 Å². The van der Waals surface area contributed by atoms with Crippen molar-refractivity contribution in [2.75, 3.05) is 12.9 Å². The van der Waals surface area contributed by atoms with E-state index in [0.29, 0.717) is 11.6 Å². The SMILES string of the molecule is CCCOc1cccc(/C=N\NC(=O)Cc2cc(Cl)ccc2SC)c1. The fourth-order valence-electron chi connectivity index (χ4n) is 2.18. The van der Waals surface area contributed by atoms with Crippen LogP contribution < -0.4 is 10.2 Å². The fourth-order valence-corrected chi connectivity index (χ4v) is 2.97. The van der Waals surface area contributed by atoms with Crippen LogP contribution in [0.2, 0.25) is 5.02 Å². The highest BCUT2D eigenvalue weighted by molar-refractivity contribution is 7.98. The summed E-state index contributed by atoms with van der Waals surface area (Å²) in [6.45, 7) is 2.73. The van der Waals surface area contributed by atoms with Crippen LogP contribution in [0.3, 0.4) is 0 Å². The third-order valence-electron chi connectivity index (χ3n) is 3.33. The molecule has 2 aromatic rings. The van der Waals surface area contributed by atoms with Crippen LogP contribution in [-0.2, 0) is 11.2 Å². The largest absolute Gasteiger partial charge is 0.494 e. The van der Waals surface area contributed by atoms with Crippen LogP contribution in [0.4, 0.5) is 0 Å². The zero-order valence-electron chi connectivity index (χ0n) is 14.3. The highest BCUT2D eigenvalue weighted by Crippen LogP contribution is 2.24. The molecule has 0 atom stereocenters. The van der Waals surface area contributed by atoms with E-state index in [1.165, 1.54) is 0 Å². The van der Waals surface area contributed by atoms with Crippen LogP contribution in [0.25, 0.3) is 0 Å². The van der Waals surface area contributed by atoms with Gasteiger partial charge in [-0.2, -0.15) is 5.10 Å². The number of benzene rings is 2. The van der Waals surface area contributed by atoms with Crippen molar-refractivity contribution >= 4 is 35.5 Å². The Morgan fingerprint density at radius 3 is 2.92 bits per heavy atom. The van der Waals surface area contributed by atoms with Crippen molar-refractivity contribution in [2.45, 2.75) is 24.7 Å². The molecule has 132 valence electrons. The lowest BCUT2D eigenvalue weighted by atomic mass is 10.1. The van der Waals surface area contributed by atoms with E-state index < -0.39 is 0 Å². The molecule has 0 bridgehead atoms. The molecule has 0 aromatic heterocycles. The highest BCUT2D eigenvalue weighted by atomic mass is 35.5. The molecule has 1 amide bonds. The molecule has 0 aliphatic rings. The second-order valence-corrected chi connectivity index (χ2v) is 6.63. The number of rotatable bonds is 8. The number of hydrogen-bond donors (Lipinski definition) is 1. The molecule has 0 aliphatic heterocycles. The molecule has 2 aromatic carbocycles. The van der Waals surface area contributed by atoms with Crippen LogP contribution in [0.5, 0.6) is 5.75 Å². The van der Waals surface area contributed by atoms with Crippen LogP contribution in [0.1, 0.15) is 24.5 Å². The minimum Gasteiger partial charge on any atom is -0.494 e. The second kappa shape index (κ2) is 10.1. The molecule has 4 nitrogen and oxygen atoms in total. The Kier molecular flexibility index (Phi) is 7.82. The monoisotopic (exact) mass is 376 g/mol. The van der Waals surface area contributed by atoms with Crippen molar-refractivity contribution in [3.05, 3.63) is 58.6 Å². The maximum atomic E-state index is 12.1. The summed E-state index contributed by atoms with van der Waals surface area (Å²) >= 11 is 7.59. The van der Waals surface area contributed by atoms with Gasteiger partial charge in [-0.1, -0.05) is 30.7 Å². The number of carbonyl (C=O) groups is 1. The normalized spacial score (nSPS) is 10.8. The molecular weight excluding hydrogens is 356 g/mol. The van der Waals surface area contributed by atoms with Gasteiger partial charge in [0.05, 0.1) is 19.2 Å². The molecule has 0 radical (unpaired) electrons. The lowest BCUT2D eigenvalue weighted by Crippen LogP contribution is -2.20. The van der Waals surface area contributed by atoms with Crippen molar-refractivity contribution in [1.29, 1.82) is 0 Å². The number of nitrogens with one attached hydrogen (secondary N) is 1. The summed E-state index contributed by atoms with van der Waals surface area (Å²) in [5.41, 5.74) is 4.30. The van der Waals surface area contributed by atoms with E-state index in [2.05, 4.69) is 17.5 Å². The van der Waals surface area contributed by atoms with Gasteiger partial charge in [0.25, 0.3) is 0 Å². The molecule has 0 saturated heterocycles. The van der Waals surface area contributed by atoms with Crippen LogP contribution in [-0.4, -0.2) is 25.0 Å². The summed E-state index contributed by atoms with van der Waals surface area (Å²) in [6, 6.07) is 13.1. The Bertz CT molecular complexity index is 750. The lowest BCUT2D eigenvalue weighted by molar-refractivity contribution is -0.120. The first-order chi connectivity index (χ1) is 12.1. The molecule has 0 unspecified atom stereocenters. The van der Waals surface area contributed by atoms with E-state index in [4.69, 9.17) is 16.3 Å². The van der Waals surface area contributed by atoms with Gasteiger partial charge >= 0.3 is 0 Å². The summed E-state index contributed by atoms with van der Waals surface area (Å²) in [4.78, 5) is 13.1. The Hall–Kier alpha value is -1.98. The lowest BCUT2D eigenvalue weighted by Gasteiger charge is -2.07. The molecule has 6 heteroatoms. The smallest absolute Gasteiger partial charge is 0.244 e. The average Bonchev–Trinajstić information content (AvgIpc) is 2.60. The fraction of sp³-hybridized carbons (Fsp3) is 0.263. The van der Waals surface area contributed by atoms with Crippen LogP contribution >= 0.6 is 23.4 Å². The van der Waals surface area contributed by atoms with Crippen LogP contribution in [0, 0.1) is 0 Å². The Balaban J connectivity index is 1.93. The van der Waals surface area contributed by atoms with E-state index in [0.717, 1.165) is 28.2 Å². The summed E-state index contributed by atoms with van der Waals surface area (Å²) in [5.74, 6) is 0.605. The van der Waals surface area contributed by atoms with Crippen molar-refractivity contribution in [1.82, 2.24) is 5.43 Å². The molecular formula is C19H21ClN2O2S. The van der Waals surface area contributed by atoms with Gasteiger partial charge in [0.1, 0.15) is 5.75 Å². The van der Waals surface area contributed by atoms with Crippen molar-refractivity contribution in [2.24, 2.45) is 5.10 Å². The number of nitrogens with zero attached hydrogens (tertiary/aromatic N) is 1. The zero-order valence-corrected chi connectivity index (χ0v) is 15.9. The Morgan fingerprint density at radius 1 is 1.32 bits per heavy atom. The maximum absolute atomic E-state index is 12.1. The first-order valence-electron chi connectivity index (χ1n) is 7.99. The molecule has 0 heterocycles. The van der Waals surface area contributed by atoms with Crippen molar-refractivity contribution in [3.8, 4) is 5.75 Å². The number of ether oxygens (including phenoxy) is 1. The minimum absolute atomic E-state index is 0.188. The van der Waals surface area contributed by atoms with E-state index >= 15 is 0 Å². The number of thioether (sulfide) groups is 1. The van der Waals surface area contributed by atoms with Crippen molar-refractivity contribution < 1.29 is 9.53 Å². The topological polar surface area (TPSA) is 50.7 Å². The van der Waals surface area contributed by atoms with Gasteiger partial charge in [0, 0.05) is 9.92 Å². The first kappa shape index (κ1) is 19.3. The standard InChI is InChI=1S/C19H21ClN2O2S/c1-3-9-24-17-6-4-5-14(10-17)13-21-22-19(23)12-15-11-16(20)7-8-18(15)25-2/h4-8,10-11,13H,3,9,12H2,1-2H3,(H,22,23)/b21-13-. The minimum atomic E-state index is -0.188. The predicted molar refractivity (Wildman–Crippen MR) is 105 cm³/mol. The van der Waals surface area contributed by atoms with Crippen LogP contribution in [0.15, 0.2) is 52.5 Å². The quantitative estimate of drug-likeness (QED) is 0.418.